The third kappa shape index (κ3) is 4.45. The molecule has 0 atom stereocenters. The fraction of sp³-hybridized carbons (Fsp3) is 0.333. The average Bonchev–Trinajstić information content (AvgIpc) is 3.11. The summed E-state index contributed by atoms with van der Waals surface area (Å²) < 4.78 is 36.9. The molecule has 0 aliphatic carbocycles. The maximum atomic E-state index is 12.2. The van der Waals surface area contributed by atoms with Crippen molar-refractivity contribution in [2.24, 2.45) is 0 Å². The third-order valence-corrected chi connectivity index (χ3v) is 5.30. The van der Waals surface area contributed by atoms with Gasteiger partial charge in [-0.05, 0) is 26.0 Å². The van der Waals surface area contributed by atoms with Gasteiger partial charge >= 0.3 is 5.97 Å². The van der Waals surface area contributed by atoms with Gasteiger partial charge in [0.05, 0.1) is 41.7 Å². The van der Waals surface area contributed by atoms with Gasteiger partial charge in [-0.3, -0.25) is 8.99 Å². The van der Waals surface area contributed by atoms with Gasteiger partial charge in [0.2, 0.25) is 15.9 Å². The normalized spacial score (nSPS) is 11.4. The van der Waals surface area contributed by atoms with Gasteiger partial charge in [0.1, 0.15) is 5.75 Å². The van der Waals surface area contributed by atoms with E-state index in [1.807, 2.05) is 6.92 Å². The Hall–Kier alpha value is -3.21. The molecule has 1 aromatic carbocycles. The molecule has 0 fully saturated rings. The largest absolute Gasteiger partial charge is 0.462 e. The second-order valence-corrected chi connectivity index (χ2v) is 8.17. The Kier molecular flexibility index (Phi) is 5.69. The van der Waals surface area contributed by atoms with Gasteiger partial charge in [-0.2, -0.15) is 5.10 Å². The molecule has 2 aromatic heterocycles. The van der Waals surface area contributed by atoms with Crippen molar-refractivity contribution in [2.45, 2.75) is 20.4 Å². The third-order valence-electron chi connectivity index (χ3n) is 4.12. The van der Waals surface area contributed by atoms with Gasteiger partial charge in [0, 0.05) is 19.8 Å². The van der Waals surface area contributed by atoms with Crippen LogP contribution in [0, 0.1) is 0 Å². The monoisotopic (exact) mass is 419 g/mol. The second kappa shape index (κ2) is 8.03. The molecule has 0 bridgehead atoms. The van der Waals surface area contributed by atoms with Crippen LogP contribution in [0.4, 0.5) is 5.82 Å². The molecule has 2 heterocycles. The SMILES string of the molecule is CCOC(=O)c1cc(Oc2cnc(N(C)S(C)(=O)=O)cn2)c2cn(CC)nc2c1. The van der Waals surface area contributed by atoms with Crippen LogP contribution in [-0.2, 0) is 21.3 Å². The molecule has 0 N–H and O–H groups in total. The maximum absolute atomic E-state index is 12.2. The van der Waals surface area contributed by atoms with Gasteiger partial charge in [-0.15, -0.1) is 0 Å². The average molecular weight is 419 g/mol. The van der Waals surface area contributed by atoms with E-state index in [-0.39, 0.29) is 18.3 Å². The fourth-order valence-electron chi connectivity index (χ4n) is 2.53. The first-order valence-electron chi connectivity index (χ1n) is 8.85. The summed E-state index contributed by atoms with van der Waals surface area (Å²) in [7, 11) is -2.07. The van der Waals surface area contributed by atoms with Gasteiger partial charge in [-0.1, -0.05) is 0 Å². The van der Waals surface area contributed by atoms with E-state index in [9.17, 15) is 13.2 Å². The highest BCUT2D eigenvalue weighted by atomic mass is 32.2. The first kappa shape index (κ1) is 20.5. The van der Waals surface area contributed by atoms with Crippen LogP contribution in [0.5, 0.6) is 11.6 Å². The fourth-order valence-corrected chi connectivity index (χ4v) is 2.96. The molecule has 0 spiro atoms. The molecule has 0 saturated heterocycles. The summed E-state index contributed by atoms with van der Waals surface area (Å²) in [5, 5.41) is 5.11. The minimum Gasteiger partial charge on any atom is -0.462 e. The van der Waals surface area contributed by atoms with E-state index >= 15 is 0 Å². The molecule has 0 aliphatic rings. The standard InChI is InChI=1S/C18H21N5O5S/c1-5-23-11-13-14(21-23)7-12(18(24)27-6-2)8-15(13)28-17-10-19-16(9-20-17)22(3)29(4,25)26/h7-11H,5-6H2,1-4H3. The Morgan fingerprint density at radius 2 is 1.97 bits per heavy atom. The summed E-state index contributed by atoms with van der Waals surface area (Å²) in [5.74, 6) is 0.177. The lowest BCUT2D eigenvalue weighted by Gasteiger charge is -2.15. The number of aromatic nitrogens is 4. The number of esters is 1. The summed E-state index contributed by atoms with van der Waals surface area (Å²) in [6.45, 7) is 4.57. The van der Waals surface area contributed by atoms with Crippen LogP contribution >= 0.6 is 0 Å². The number of hydrogen-bond acceptors (Lipinski definition) is 8. The summed E-state index contributed by atoms with van der Waals surface area (Å²) in [6.07, 6.45) is 5.48. The Morgan fingerprint density at radius 1 is 1.21 bits per heavy atom. The topological polar surface area (TPSA) is 117 Å². The van der Waals surface area contributed by atoms with E-state index < -0.39 is 16.0 Å². The Labute approximate surface area is 168 Å². The highest BCUT2D eigenvalue weighted by Gasteiger charge is 2.17. The van der Waals surface area contributed by atoms with E-state index in [2.05, 4.69) is 15.1 Å². The van der Waals surface area contributed by atoms with Crippen LogP contribution in [-0.4, -0.2) is 54.0 Å². The summed E-state index contributed by atoms with van der Waals surface area (Å²) in [4.78, 5) is 20.4. The van der Waals surface area contributed by atoms with E-state index in [0.717, 1.165) is 10.6 Å². The minimum absolute atomic E-state index is 0.141. The first-order valence-corrected chi connectivity index (χ1v) is 10.7. The van der Waals surface area contributed by atoms with Gasteiger partial charge in [0.15, 0.2) is 5.82 Å². The number of rotatable bonds is 7. The van der Waals surface area contributed by atoms with Crippen molar-refractivity contribution >= 4 is 32.7 Å². The van der Waals surface area contributed by atoms with Crippen LogP contribution in [0.2, 0.25) is 0 Å². The van der Waals surface area contributed by atoms with Crippen LogP contribution in [0.3, 0.4) is 0 Å². The lowest BCUT2D eigenvalue weighted by atomic mass is 10.1. The molecular weight excluding hydrogens is 398 g/mol. The molecule has 0 aliphatic heterocycles. The van der Waals surface area contributed by atoms with E-state index in [1.54, 1.807) is 29.9 Å². The van der Waals surface area contributed by atoms with Gasteiger partial charge < -0.3 is 9.47 Å². The molecule has 0 saturated carbocycles. The zero-order valence-corrected chi connectivity index (χ0v) is 17.3. The number of hydrogen-bond donors (Lipinski definition) is 0. The van der Waals surface area contributed by atoms with E-state index in [1.165, 1.54) is 19.4 Å². The molecule has 11 heteroatoms. The number of nitrogens with zero attached hydrogens (tertiary/aromatic N) is 5. The molecule has 29 heavy (non-hydrogen) atoms. The zero-order chi connectivity index (χ0) is 21.2. The molecule has 3 aromatic rings. The van der Waals surface area contributed by atoms with Crippen molar-refractivity contribution in [2.75, 3.05) is 24.2 Å². The Bertz CT molecular complexity index is 1140. The van der Waals surface area contributed by atoms with Crippen molar-refractivity contribution < 1.29 is 22.7 Å². The van der Waals surface area contributed by atoms with Crippen molar-refractivity contribution in [1.29, 1.82) is 0 Å². The van der Waals surface area contributed by atoms with Crippen LogP contribution in [0.15, 0.2) is 30.7 Å². The second-order valence-electron chi connectivity index (χ2n) is 6.16. The molecule has 10 nitrogen and oxygen atoms in total. The van der Waals surface area contributed by atoms with Crippen molar-refractivity contribution in [3.63, 3.8) is 0 Å². The lowest BCUT2D eigenvalue weighted by molar-refractivity contribution is 0.0526. The lowest BCUT2D eigenvalue weighted by Crippen LogP contribution is -2.25. The number of anilines is 1. The smallest absolute Gasteiger partial charge is 0.338 e. The number of ether oxygens (including phenoxy) is 2. The first-order chi connectivity index (χ1) is 13.7. The van der Waals surface area contributed by atoms with Crippen molar-refractivity contribution in [3.05, 3.63) is 36.3 Å². The minimum atomic E-state index is -3.45. The number of sulfonamides is 1. The highest BCUT2D eigenvalue weighted by Crippen LogP contribution is 2.31. The zero-order valence-electron chi connectivity index (χ0n) is 16.5. The van der Waals surface area contributed by atoms with Crippen LogP contribution in [0.25, 0.3) is 10.9 Å². The van der Waals surface area contributed by atoms with Gasteiger partial charge in [-0.25, -0.2) is 23.2 Å². The van der Waals surface area contributed by atoms with Crippen molar-refractivity contribution in [3.8, 4) is 11.6 Å². The summed E-state index contributed by atoms with van der Waals surface area (Å²) in [5.41, 5.74) is 0.880. The quantitative estimate of drug-likeness (QED) is 0.535. The molecule has 3 rings (SSSR count). The number of carbonyl (C=O) groups excluding carboxylic acids is 1. The summed E-state index contributed by atoms with van der Waals surface area (Å²) in [6, 6.07) is 3.20. The summed E-state index contributed by atoms with van der Waals surface area (Å²) >= 11 is 0. The van der Waals surface area contributed by atoms with Crippen LogP contribution in [0.1, 0.15) is 24.2 Å². The molecular formula is C18H21N5O5S. The number of fused-ring (bicyclic) bond motifs is 1. The maximum Gasteiger partial charge on any atom is 0.338 e. The highest BCUT2D eigenvalue weighted by molar-refractivity contribution is 7.92. The number of aryl methyl sites for hydroxylation is 1. The van der Waals surface area contributed by atoms with E-state index in [0.29, 0.717) is 28.8 Å². The molecule has 154 valence electrons. The predicted molar refractivity (Wildman–Crippen MR) is 107 cm³/mol. The molecule has 0 amide bonds. The predicted octanol–water partition coefficient (Wildman–Crippen LogP) is 2.21. The van der Waals surface area contributed by atoms with Crippen LogP contribution < -0.4 is 9.04 Å². The van der Waals surface area contributed by atoms with Crippen molar-refractivity contribution in [1.82, 2.24) is 19.7 Å². The molecule has 0 unspecified atom stereocenters. The Balaban J connectivity index is 1.98. The van der Waals surface area contributed by atoms with E-state index in [4.69, 9.17) is 9.47 Å². The Morgan fingerprint density at radius 3 is 2.55 bits per heavy atom. The number of carbonyl (C=O) groups is 1. The van der Waals surface area contributed by atoms with Gasteiger partial charge in [0.25, 0.3) is 0 Å². The number of benzene rings is 1. The molecule has 0 radical (unpaired) electrons.